The van der Waals surface area contributed by atoms with Gasteiger partial charge in [-0.1, -0.05) is 74.7 Å². The smallest absolute Gasteiger partial charge is 0.339 e. The highest BCUT2D eigenvalue weighted by Crippen LogP contribution is 2.56. The number of benzene rings is 3. The number of carbonyl (C=O) groups is 4. The molecule has 4 unspecified atom stereocenters. The van der Waals surface area contributed by atoms with Crippen molar-refractivity contribution in [2.45, 2.75) is 26.7 Å². The molecule has 2 aliphatic carbocycles. The number of Topliss-reactive ketones (excluding diaryl/α,β-unsaturated/α-hetero) is 1. The summed E-state index contributed by atoms with van der Waals surface area (Å²) in [6, 6.07) is 19.5. The second kappa shape index (κ2) is 11.4. The maximum absolute atomic E-state index is 13.5. The van der Waals surface area contributed by atoms with E-state index in [0.717, 1.165) is 20.9 Å². The first-order valence-corrected chi connectivity index (χ1v) is 16.5. The Hall–Kier alpha value is -3.95. The van der Waals surface area contributed by atoms with Crippen molar-refractivity contribution in [3.8, 4) is 11.3 Å². The fourth-order valence-corrected chi connectivity index (χ4v) is 7.95. The summed E-state index contributed by atoms with van der Waals surface area (Å²) in [5.74, 6) is -1.45. The molecule has 2 fully saturated rings. The number of aryl methyl sites for hydroxylation is 1. The molecule has 1 saturated carbocycles. The van der Waals surface area contributed by atoms with E-state index in [9.17, 15) is 19.2 Å². The first kappa shape index (κ1) is 29.7. The summed E-state index contributed by atoms with van der Waals surface area (Å²) in [6.45, 7) is 3.67. The number of ketones is 1. The van der Waals surface area contributed by atoms with Gasteiger partial charge in [-0.25, -0.2) is 9.78 Å². The fraction of sp³-hybridized carbons (Fsp3) is 0.250. The number of allylic oxidation sites excluding steroid dienone is 2. The lowest BCUT2D eigenvalue weighted by atomic mass is 9.82. The lowest BCUT2D eigenvalue weighted by Crippen LogP contribution is -2.32. The van der Waals surface area contributed by atoms with Crippen LogP contribution in [0.2, 0.25) is 0 Å². The Kier molecular flexibility index (Phi) is 7.56. The molecule has 9 heteroatoms. The zero-order valence-electron chi connectivity index (χ0n) is 24.6. The second-order valence-electron chi connectivity index (χ2n) is 11.9. The molecule has 3 aromatic carbocycles. The SMILES string of the molecule is CCc1cc(Br)cc2c(C(=O)OCC(=O)c3ccc(Br)cc3)cc(-c3ccc(N4C(=O)C5C6C=C(C)C(C6)C5C4=O)cc3)nc12. The Balaban J connectivity index is 1.20. The molecule has 2 heterocycles. The van der Waals surface area contributed by atoms with E-state index in [1.807, 2.05) is 31.2 Å². The number of carbonyl (C=O) groups excluding carboxylic acids is 4. The Labute approximate surface area is 276 Å². The molecular formula is C36H28Br2N2O5. The van der Waals surface area contributed by atoms with Crippen LogP contribution in [0.3, 0.4) is 0 Å². The molecule has 2 bridgehead atoms. The number of hydrogen-bond acceptors (Lipinski definition) is 6. The van der Waals surface area contributed by atoms with E-state index in [0.29, 0.717) is 39.8 Å². The highest BCUT2D eigenvalue weighted by atomic mass is 79.9. The monoisotopic (exact) mass is 726 g/mol. The normalized spacial score (nSPS) is 21.8. The summed E-state index contributed by atoms with van der Waals surface area (Å²) in [7, 11) is 0. The molecule has 45 heavy (non-hydrogen) atoms. The number of halogens is 2. The third kappa shape index (κ3) is 5.06. The Morgan fingerprint density at radius 1 is 0.933 bits per heavy atom. The minimum atomic E-state index is -0.635. The molecule has 1 saturated heterocycles. The molecule has 0 radical (unpaired) electrons. The van der Waals surface area contributed by atoms with Crippen LogP contribution in [-0.2, 0) is 20.7 Å². The van der Waals surface area contributed by atoms with E-state index in [1.165, 1.54) is 10.5 Å². The lowest BCUT2D eigenvalue weighted by molar-refractivity contribution is -0.123. The average molecular weight is 728 g/mol. The Bertz CT molecular complexity index is 1950. The van der Waals surface area contributed by atoms with Crippen molar-refractivity contribution in [1.29, 1.82) is 0 Å². The van der Waals surface area contributed by atoms with Gasteiger partial charge in [0.2, 0.25) is 11.8 Å². The summed E-state index contributed by atoms with van der Waals surface area (Å²) in [5, 5.41) is 0.612. The number of hydrogen-bond donors (Lipinski definition) is 0. The van der Waals surface area contributed by atoms with Crippen LogP contribution in [0.15, 0.2) is 87.3 Å². The molecule has 3 aliphatic rings. The van der Waals surface area contributed by atoms with Crippen LogP contribution in [0, 0.1) is 23.7 Å². The molecule has 2 amide bonds. The van der Waals surface area contributed by atoms with Crippen LogP contribution in [0.4, 0.5) is 5.69 Å². The van der Waals surface area contributed by atoms with Gasteiger partial charge >= 0.3 is 5.97 Å². The number of aromatic nitrogens is 1. The second-order valence-corrected chi connectivity index (χ2v) is 13.7. The van der Waals surface area contributed by atoms with Crippen molar-refractivity contribution in [2.75, 3.05) is 11.5 Å². The molecule has 7 rings (SSSR count). The molecule has 4 aromatic rings. The predicted molar refractivity (Wildman–Crippen MR) is 178 cm³/mol. The van der Waals surface area contributed by atoms with Crippen LogP contribution in [-0.4, -0.2) is 35.2 Å². The predicted octanol–water partition coefficient (Wildman–Crippen LogP) is 7.73. The topological polar surface area (TPSA) is 93.6 Å². The van der Waals surface area contributed by atoms with Crippen LogP contribution >= 0.6 is 31.9 Å². The standard InChI is InChI=1S/C36H28Br2N2O5/c1-3-19-13-24(38)15-27-28(36(44)45-17-30(41)21-4-8-23(37)9-5-21)16-29(39-33(19)27)20-6-10-25(11-7-20)40-34(42)31-22-12-18(2)26(14-22)32(31)35(40)43/h4-13,15-16,22,26,31-32H,3,14,17H2,1-2H3. The highest BCUT2D eigenvalue weighted by Gasteiger charge is 2.60. The van der Waals surface area contributed by atoms with Crippen molar-refractivity contribution in [1.82, 2.24) is 4.98 Å². The van der Waals surface area contributed by atoms with Crippen molar-refractivity contribution >= 4 is 72.0 Å². The zero-order chi connectivity index (χ0) is 31.6. The van der Waals surface area contributed by atoms with Gasteiger partial charge in [-0.05, 0) is 79.6 Å². The van der Waals surface area contributed by atoms with E-state index in [4.69, 9.17) is 9.72 Å². The number of pyridine rings is 1. The van der Waals surface area contributed by atoms with E-state index < -0.39 is 12.6 Å². The van der Waals surface area contributed by atoms with Gasteiger partial charge < -0.3 is 4.74 Å². The van der Waals surface area contributed by atoms with Crippen LogP contribution in [0.25, 0.3) is 22.2 Å². The molecule has 7 nitrogen and oxygen atoms in total. The number of fused-ring (bicyclic) bond motifs is 6. The first-order valence-electron chi connectivity index (χ1n) is 14.9. The number of rotatable bonds is 7. The van der Waals surface area contributed by atoms with Crippen LogP contribution in [0.5, 0.6) is 0 Å². The van der Waals surface area contributed by atoms with E-state index >= 15 is 0 Å². The first-order chi connectivity index (χ1) is 21.6. The minimum Gasteiger partial charge on any atom is -0.454 e. The maximum atomic E-state index is 13.5. The molecule has 1 aliphatic heterocycles. The van der Waals surface area contributed by atoms with E-state index in [1.54, 1.807) is 42.5 Å². The number of ether oxygens (including phenoxy) is 1. The molecule has 0 spiro atoms. The quantitative estimate of drug-likeness (QED) is 0.0838. The summed E-state index contributed by atoms with van der Waals surface area (Å²) < 4.78 is 7.18. The Morgan fingerprint density at radius 3 is 2.36 bits per heavy atom. The number of amides is 2. The lowest BCUT2D eigenvalue weighted by Gasteiger charge is -2.19. The number of imide groups is 1. The fourth-order valence-electron chi connectivity index (χ4n) is 7.18. The van der Waals surface area contributed by atoms with Gasteiger partial charge in [-0.3, -0.25) is 19.3 Å². The molecule has 0 N–H and O–H groups in total. The highest BCUT2D eigenvalue weighted by molar-refractivity contribution is 9.10. The third-order valence-corrected chi connectivity index (χ3v) is 10.3. The van der Waals surface area contributed by atoms with Gasteiger partial charge in [0.15, 0.2) is 12.4 Å². The molecule has 226 valence electrons. The van der Waals surface area contributed by atoms with Gasteiger partial charge in [0.25, 0.3) is 0 Å². The van der Waals surface area contributed by atoms with Crippen LogP contribution < -0.4 is 4.90 Å². The van der Waals surface area contributed by atoms with E-state index in [2.05, 4.69) is 44.9 Å². The summed E-state index contributed by atoms with van der Waals surface area (Å²) in [6.07, 6.45) is 3.73. The van der Waals surface area contributed by atoms with Crippen LogP contribution in [0.1, 0.15) is 46.5 Å². The third-order valence-electron chi connectivity index (χ3n) is 9.36. The largest absolute Gasteiger partial charge is 0.454 e. The van der Waals surface area contributed by atoms with Gasteiger partial charge in [0, 0.05) is 25.5 Å². The summed E-state index contributed by atoms with van der Waals surface area (Å²) in [5.41, 5.74) is 5.32. The van der Waals surface area contributed by atoms with Crippen molar-refractivity contribution in [3.05, 3.63) is 104 Å². The number of esters is 1. The van der Waals surface area contributed by atoms with Crippen molar-refractivity contribution < 1.29 is 23.9 Å². The molecule has 4 atom stereocenters. The van der Waals surface area contributed by atoms with Gasteiger partial charge in [-0.2, -0.15) is 0 Å². The molecule has 1 aromatic heterocycles. The van der Waals surface area contributed by atoms with Gasteiger partial charge in [0.05, 0.1) is 34.3 Å². The van der Waals surface area contributed by atoms with Gasteiger partial charge in [0.1, 0.15) is 0 Å². The molecular weight excluding hydrogens is 700 g/mol. The minimum absolute atomic E-state index is 0.123. The van der Waals surface area contributed by atoms with Crippen molar-refractivity contribution in [2.24, 2.45) is 23.7 Å². The van der Waals surface area contributed by atoms with Crippen molar-refractivity contribution in [3.63, 3.8) is 0 Å². The maximum Gasteiger partial charge on any atom is 0.339 e. The Morgan fingerprint density at radius 2 is 1.64 bits per heavy atom. The number of nitrogens with zero attached hydrogens (tertiary/aromatic N) is 2. The van der Waals surface area contributed by atoms with Gasteiger partial charge in [-0.15, -0.1) is 0 Å². The average Bonchev–Trinajstić information content (AvgIpc) is 3.68. The zero-order valence-corrected chi connectivity index (χ0v) is 27.7. The number of anilines is 1. The summed E-state index contributed by atoms with van der Waals surface area (Å²) >= 11 is 6.91. The summed E-state index contributed by atoms with van der Waals surface area (Å²) in [4.78, 5) is 59.4. The van der Waals surface area contributed by atoms with E-state index in [-0.39, 0.29) is 46.8 Å².